The number of halogens is 2. The first-order valence-electron chi connectivity index (χ1n) is 11.1. The fourth-order valence-corrected chi connectivity index (χ4v) is 3.63. The Morgan fingerprint density at radius 2 is 1.91 bits per heavy atom. The quantitative estimate of drug-likeness (QED) is 0.336. The number of hydrogen-bond donors (Lipinski definition) is 1. The number of ether oxygens (including phenoxy) is 2. The van der Waals surface area contributed by atoms with Gasteiger partial charge in [0.05, 0.1) is 23.3 Å². The van der Waals surface area contributed by atoms with Gasteiger partial charge in [-0.2, -0.15) is 0 Å². The third kappa shape index (κ3) is 6.35. The molecule has 3 rings (SSSR count). The van der Waals surface area contributed by atoms with E-state index in [1.165, 1.54) is 18.2 Å². The smallest absolute Gasteiger partial charge is 0.253 e. The zero-order valence-electron chi connectivity index (χ0n) is 19.4. The molecule has 0 unspecified atom stereocenters. The van der Waals surface area contributed by atoms with Crippen molar-refractivity contribution in [2.45, 2.75) is 39.8 Å². The van der Waals surface area contributed by atoms with Gasteiger partial charge in [0, 0.05) is 23.2 Å². The van der Waals surface area contributed by atoms with Crippen molar-refractivity contribution < 1.29 is 23.5 Å². The van der Waals surface area contributed by atoms with E-state index in [9.17, 15) is 14.0 Å². The third-order valence-electron chi connectivity index (χ3n) is 4.96. The maximum Gasteiger partial charge on any atom is 0.253 e. The Kier molecular flexibility index (Phi) is 8.66. The second-order valence-corrected chi connectivity index (χ2v) is 8.43. The molecule has 0 aliphatic rings. The number of amides is 1. The van der Waals surface area contributed by atoms with Crippen molar-refractivity contribution in [3.8, 4) is 22.6 Å². The Bertz CT molecular complexity index is 1180. The molecule has 0 atom stereocenters. The van der Waals surface area contributed by atoms with E-state index in [4.69, 9.17) is 21.1 Å². The van der Waals surface area contributed by atoms with Gasteiger partial charge in [0.2, 0.25) is 0 Å². The molecule has 0 bridgehead atoms. The van der Waals surface area contributed by atoms with Gasteiger partial charge >= 0.3 is 0 Å². The topological polar surface area (TPSA) is 64.6 Å². The largest absolute Gasteiger partial charge is 0.493 e. The summed E-state index contributed by atoms with van der Waals surface area (Å²) in [6, 6.07) is 14.3. The molecule has 178 valence electrons. The van der Waals surface area contributed by atoms with E-state index in [1.54, 1.807) is 36.4 Å². The van der Waals surface area contributed by atoms with Gasteiger partial charge in [0.1, 0.15) is 23.6 Å². The summed E-state index contributed by atoms with van der Waals surface area (Å²) in [4.78, 5) is 24.0. The number of carbonyl (C=O) groups is 2. The highest BCUT2D eigenvalue weighted by atomic mass is 35.5. The Labute approximate surface area is 203 Å². The third-order valence-corrected chi connectivity index (χ3v) is 5.27. The highest BCUT2D eigenvalue weighted by molar-refractivity contribution is 6.34. The molecule has 0 heterocycles. The molecule has 0 saturated carbocycles. The van der Waals surface area contributed by atoms with Crippen LogP contribution in [-0.4, -0.2) is 24.9 Å². The summed E-state index contributed by atoms with van der Waals surface area (Å²) < 4.78 is 25.9. The monoisotopic (exact) mass is 483 g/mol. The van der Waals surface area contributed by atoms with Crippen LogP contribution in [0, 0.1) is 5.82 Å². The molecule has 1 amide bonds. The van der Waals surface area contributed by atoms with E-state index < -0.39 is 5.82 Å². The molecule has 1 N–H and O–H groups in total. The second kappa shape index (κ2) is 11.7. The summed E-state index contributed by atoms with van der Waals surface area (Å²) in [5.74, 6) is 0.365. The lowest BCUT2D eigenvalue weighted by molar-refractivity contribution is 0.0950. The fourth-order valence-electron chi connectivity index (χ4n) is 3.37. The predicted octanol–water partition coefficient (Wildman–Crippen LogP) is 6.46. The summed E-state index contributed by atoms with van der Waals surface area (Å²) in [6.07, 6.45) is 1.47. The van der Waals surface area contributed by atoms with Crippen LogP contribution in [0.1, 0.15) is 53.5 Å². The molecule has 0 aliphatic carbocycles. The Morgan fingerprint density at radius 3 is 2.59 bits per heavy atom. The highest BCUT2D eigenvalue weighted by Gasteiger charge is 2.15. The summed E-state index contributed by atoms with van der Waals surface area (Å²) in [7, 11) is 0. The normalized spacial score (nSPS) is 10.8. The first-order valence-corrected chi connectivity index (χ1v) is 11.5. The lowest BCUT2D eigenvalue weighted by atomic mass is 10.00. The van der Waals surface area contributed by atoms with E-state index >= 15 is 0 Å². The SMILES string of the molecule is CCCOc1ccc(-c2cc(C=O)ccc2F)cc1CNC(=O)c1ccc(OC(C)C)cc1Cl. The van der Waals surface area contributed by atoms with Crippen molar-refractivity contribution in [1.82, 2.24) is 5.32 Å². The van der Waals surface area contributed by atoms with Crippen LogP contribution in [0.25, 0.3) is 11.1 Å². The van der Waals surface area contributed by atoms with Crippen LogP contribution in [-0.2, 0) is 6.54 Å². The number of benzene rings is 3. The minimum atomic E-state index is -0.446. The van der Waals surface area contributed by atoms with E-state index in [2.05, 4.69) is 5.32 Å². The first kappa shape index (κ1) is 25.2. The van der Waals surface area contributed by atoms with E-state index in [-0.39, 0.29) is 23.6 Å². The minimum Gasteiger partial charge on any atom is -0.493 e. The van der Waals surface area contributed by atoms with Gasteiger partial charge in [-0.15, -0.1) is 0 Å². The summed E-state index contributed by atoms with van der Waals surface area (Å²) in [5.41, 5.74) is 2.23. The van der Waals surface area contributed by atoms with Crippen LogP contribution < -0.4 is 14.8 Å². The number of nitrogens with one attached hydrogen (secondary N) is 1. The Hall–Kier alpha value is -3.38. The lowest BCUT2D eigenvalue weighted by Crippen LogP contribution is -2.23. The zero-order chi connectivity index (χ0) is 24.7. The summed E-state index contributed by atoms with van der Waals surface area (Å²) in [6.45, 7) is 6.44. The van der Waals surface area contributed by atoms with Gasteiger partial charge < -0.3 is 14.8 Å². The standard InChI is InChI=1S/C27H27ClFNO4/c1-4-11-33-26-10-6-19(23-12-18(16-31)5-9-25(23)29)13-20(26)15-30-27(32)22-8-7-21(14-24(22)28)34-17(2)3/h5-10,12-14,16-17H,4,11,15H2,1-3H3,(H,30,32). The van der Waals surface area contributed by atoms with Gasteiger partial charge in [-0.1, -0.05) is 24.6 Å². The molecular weight excluding hydrogens is 457 g/mol. The summed E-state index contributed by atoms with van der Waals surface area (Å²) in [5, 5.41) is 3.13. The van der Waals surface area contributed by atoms with Crippen LogP contribution in [0.5, 0.6) is 11.5 Å². The summed E-state index contributed by atoms with van der Waals surface area (Å²) >= 11 is 6.30. The van der Waals surface area contributed by atoms with E-state index in [1.807, 2.05) is 20.8 Å². The zero-order valence-corrected chi connectivity index (χ0v) is 20.1. The number of carbonyl (C=O) groups excluding carboxylic acids is 2. The molecule has 0 radical (unpaired) electrons. The van der Waals surface area contributed by atoms with Crippen LogP contribution in [0.15, 0.2) is 54.6 Å². The van der Waals surface area contributed by atoms with Gasteiger partial charge in [-0.05, 0) is 74.4 Å². The molecule has 3 aromatic rings. The van der Waals surface area contributed by atoms with Gasteiger partial charge in [-0.3, -0.25) is 9.59 Å². The average Bonchev–Trinajstić information content (AvgIpc) is 2.81. The number of hydrogen-bond acceptors (Lipinski definition) is 4. The fraction of sp³-hybridized carbons (Fsp3) is 0.259. The highest BCUT2D eigenvalue weighted by Crippen LogP contribution is 2.30. The Morgan fingerprint density at radius 1 is 1.12 bits per heavy atom. The molecular formula is C27H27ClFNO4. The number of aldehydes is 1. The average molecular weight is 484 g/mol. The molecule has 0 fully saturated rings. The molecule has 0 aromatic heterocycles. The van der Waals surface area contributed by atoms with Crippen LogP contribution >= 0.6 is 11.6 Å². The van der Waals surface area contributed by atoms with Crippen LogP contribution in [0.4, 0.5) is 4.39 Å². The van der Waals surface area contributed by atoms with Crippen molar-refractivity contribution in [1.29, 1.82) is 0 Å². The maximum atomic E-state index is 14.5. The van der Waals surface area contributed by atoms with Gasteiger partial charge in [0.15, 0.2) is 0 Å². The van der Waals surface area contributed by atoms with E-state index in [0.29, 0.717) is 52.2 Å². The van der Waals surface area contributed by atoms with E-state index in [0.717, 1.165) is 6.42 Å². The van der Waals surface area contributed by atoms with Crippen molar-refractivity contribution >= 4 is 23.8 Å². The van der Waals surface area contributed by atoms with Crippen LogP contribution in [0.3, 0.4) is 0 Å². The predicted molar refractivity (Wildman–Crippen MR) is 131 cm³/mol. The van der Waals surface area contributed by atoms with Crippen molar-refractivity contribution in [3.63, 3.8) is 0 Å². The molecule has 0 spiro atoms. The van der Waals surface area contributed by atoms with Gasteiger partial charge in [0.25, 0.3) is 5.91 Å². The van der Waals surface area contributed by atoms with Crippen molar-refractivity contribution in [2.24, 2.45) is 0 Å². The Balaban J connectivity index is 1.85. The van der Waals surface area contributed by atoms with Crippen molar-refractivity contribution in [2.75, 3.05) is 6.61 Å². The molecule has 0 saturated heterocycles. The molecule has 5 nitrogen and oxygen atoms in total. The van der Waals surface area contributed by atoms with Crippen LogP contribution in [0.2, 0.25) is 5.02 Å². The minimum absolute atomic E-state index is 0.0124. The number of rotatable bonds is 10. The molecule has 7 heteroatoms. The van der Waals surface area contributed by atoms with Gasteiger partial charge in [-0.25, -0.2) is 4.39 Å². The second-order valence-electron chi connectivity index (χ2n) is 8.02. The maximum absolute atomic E-state index is 14.5. The molecule has 0 aliphatic heterocycles. The molecule has 34 heavy (non-hydrogen) atoms. The first-order chi connectivity index (χ1) is 16.3. The molecule has 3 aromatic carbocycles. The van der Waals surface area contributed by atoms with Crippen molar-refractivity contribution in [3.05, 3.63) is 82.1 Å². The lowest BCUT2D eigenvalue weighted by Gasteiger charge is -2.15.